The normalized spacial score (nSPS) is 10.8. The average molecular weight is 494 g/mol. The van der Waals surface area contributed by atoms with Gasteiger partial charge in [-0.1, -0.05) is 93.6 Å². The van der Waals surface area contributed by atoms with Crippen LogP contribution >= 0.6 is 0 Å². The summed E-state index contributed by atoms with van der Waals surface area (Å²) >= 11 is 0. The standard InChI is InChI=1S/C13H17N.C10H12F2.C7H8.C3H8/c1-6-8-13(7-2)12(4)11(3)9-10-14-5;1-7-4-5-9(6-8(7)2)10(3,11)12;1-7-5-3-2-4-6-7;1-3-2/h6,8-10H,2,4H2,1,3,5H3;4-6H,1-3H3;2-6H,1H3;3H2,1-2H3/b8-6-,11-9+,14-10?;;;. The Morgan fingerprint density at radius 2 is 1.58 bits per heavy atom. The molecule has 0 saturated heterocycles. The van der Waals surface area contributed by atoms with Gasteiger partial charge < -0.3 is 0 Å². The summed E-state index contributed by atoms with van der Waals surface area (Å²) in [6.07, 6.45) is 8.80. The Morgan fingerprint density at radius 1 is 1.03 bits per heavy atom. The monoisotopic (exact) mass is 493 g/mol. The van der Waals surface area contributed by atoms with Crippen LogP contribution in [0.1, 0.15) is 63.3 Å². The Balaban J connectivity index is 0. The van der Waals surface area contributed by atoms with Crippen molar-refractivity contribution in [3.63, 3.8) is 0 Å². The molecule has 0 aliphatic carbocycles. The van der Waals surface area contributed by atoms with Crippen LogP contribution in [-0.4, -0.2) is 13.3 Å². The molecule has 0 fully saturated rings. The molecule has 0 heterocycles. The van der Waals surface area contributed by atoms with Crippen molar-refractivity contribution >= 4 is 6.21 Å². The van der Waals surface area contributed by atoms with E-state index in [0.29, 0.717) is 0 Å². The number of alkyl halides is 2. The van der Waals surface area contributed by atoms with Gasteiger partial charge in [-0.3, -0.25) is 4.99 Å². The predicted molar refractivity (Wildman–Crippen MR) is 157 cm³/mol. The largest absolute Gasteiger partial charge is 0.297 e. The van der Waals surface area contributed by atoms with Gasteiger partial charge in [0.15, 0.2) is 0 Å². The molecule has 2 rings (SSSR count). The number of allylic oxidation sites excluding steroid dienone is 6. The van der Waals surface area contributed by atoms with Crippen molar-refractivity contribution in [2.24, 2.45) is 4.99 Å². The zero-order chi connectivity index (χ0) is 28.1. The molecule has 0 bridgehead atoms. The third-order valence-corrected chi connectivity index (χ3v) is 4.75. The molecule has 36 heavy (non-hydrogen) atoms. The number of aryl methyl sites for hydroxylation is 3. The van der Waals surface area contributed by atoms with Gasteiger partial charge in [0.05, 0.1) is 0 Å². The molecular formula is C33H45F2N. The molecule has 1 nitrogen and oxygen atoms in total. The topological polar surface area (TPSA) is 12.4 Å². The van der Waals surface area contributed by atoms with Crippen molar-refractivity contribution in [1.29, 1.82) is 0 Å². The maximum atomic E-state index is 12.8. The van der Waals surface area contributed by atoms with Crippen LogP contribution in [-0.2, 0) is 5.92 Å². The highest BCUT2D eigenvalue weighted by Crippen LogP contribution is 2.28. The van der Waals surface area contributed by atoms with E-state index < -0.39 is 5.92 Å². The van der Waals surface area contributed by atoms with Gasteiger partial charge in [-0.05, 0) is 69.0 Å². The van der Waals surface area contributed by atoms with Crippen molar-refractivity contribution in [2.45, 2.75) is 67.7 Å². The van der Waals surface area contributed by atoms with Crippen LogP contribution < -0.4 is 0 Å². The summed E-state index contributed by atoms with van der Waals surface area (Å²) in [4.78, 5) is 3.88. The van der Waals surface area contributed by atoms with Gasteiger partial charge in [-0.2, -0.15) is 0 Å². The smallest absolute Gasteiger partial charge is 0.270 e. The fourth-order valence-corrected chi connectivity index (χ4v) is 2.48. The lowest BCUT2D eigenvalue weighted by Crippen LogP contribution is -2.07. The summed E-state index contributed by atoms with van der Waals surface area (Å²) < 4.78 is 25.5. The van der Waals surface area contributed by atoms with Crippen LogP contribution in [0.3, 0.4) is 0 Å². The van der Waals surface area contributed by atoms with E-state index >= 15 is 0 Å². The predicted octanol–water partition coefficient (Wildman–Crippen LogP) is 10.3. The van der Waals surface area contributed by atoms with Gasteiger partial charge in [0, 0.05) is 31.3 Å². The Kier molecular flexibility index (Phi) is 19.3. The maximum absolute atomic E-state index is 12.8. The highest BCUT2D eigenvalue weighted by atomic mass is 19.3. The van der Waals surface area contributed by atoms with Crippen molar-refractivity contribution in [1.82, 2.24) is 0 Å². The average Bonchev–Trinajstić information content (AvgIpc) is 2.83. The zero-order valence-electron chi connectivity index (χ0n) is 23.8. The lowest BCUT2D eigenvalue weighted by Gasteiger charge is -2.11. The fourth-order valence-electron chi connectivity index (χ4n) is 2.48. The molecule has 0 unspecified atom stereocenters. The Morgan fingerprint density at radius 3 is 1.94 bits per heavy atom. The molecule has 0 aliphatic heterocycles. The second-order valence-electron chi connectivity index (χ2n) is 8.38. The number of nitrogens with zero attached hydrogens (tertiary/aromatic N) is 1. The molecule has 196 valence electrons. The van der Waals surface area contributed by atoms with Gasteiger partial charge in [0.1, 0.15) is 0 Å². The number of rotatable bonds is 5. The van der Waals surface area contributed by atoms with Crippen molar-refractivity contribution < 1.29 is 8.78 Å². The molecule has 3 heteroatoms. The van der Waals surface area contributed by atoms with E-state index in [9.17, 15) is 8.78 Å². The first-order valence-electron chi connectivity index (χ1n) is 12.2. The molecule has 2 aromatic carbocycles. The lowest BCUT2D eigenvalue weighted by molar-refractivity contribution is 0.0174. The minimum atomic E-state index is -2.72. The summed E-state index contributed by atoms with van der Waals surface area (Å²) in [6, 6.07) is 15.0. The molecule has 0 aromatic heterocycles. The third-order valence-electron chi connectivity index (χ3n) is 4.75. The first-order chi connectivity index (χ1) is 16.9. The van der Waals surface area contributed by atoms with Gasteiger partial charge in [-0.15, -0.1) is 5.73 Å². The van der Waals surface area contributed by atoms with Crippen molar-refractivity contribution in [2.75, 3.05) is 7.05 Å². The number of aliphatic imine (C=N–C) groups is 1. The molecule has 0 N–H and O–H groups in total. The van der Waals surface area contributed by atoms with Crippen LogP contribution in [0.5, 0.6) is 0 Å². The van der Waals surface area contributed by atoms with E-state index in [0.717, 1.165) is 34.8 Å². The first kappa shape index (κ1) is 34.9. The quantitative estimate of drug-likeness (QED) is 0.223. The van der Waals surface area contributed by atoms with Crippen LogP contribution in [0.25, 0.3) is 0 Å². The van der Waals surface area contributed by atoms with E-state index in [4.69, 9.17) is 0 Å². The molecular weight excluding hydrogens is 448 g/mol. The van der Waals surface area contributed by atoms with Crippen LogP contribution in [0.4, 0.5) is 8.78 Å². The summed E-state index contributed by atoms with van der Waals surface area (Å²) in [7, 11) is 1.74. The molecule has 2 aromatic rings. The Hall–Kier alpha value is -3.29. The SMILES string of the molecule is C=C=C(/C=C\C)C(=C)/C(C)=C/C=NC.CCC.Cc1ccc(C(C)(F)F)cc1C.Cc1ccccc1. The minimum absolute atomic E-state index is 0.0885. The van der Waals surface area contributed by atoms with E-state index in [-0.39, 0.29) is 5.56 Å². The van der Waals surface area contributed by atoms with Crippen molar-refractivity contribution in [3.8, 4) is 0 Å². The third kappa shape index (κ3) is 16.4. The Labute approximate surface area is 219 Å². The number of hydrogen-bond donors (Lipinski definition) is 0. The summed E-state index contributed by atoms with van der Waals surface area (Å²) in [5.74, 6) is -2.72. The van der Waals surface area contributed by atoms with Gasteiger partial charge >= 0.3 is 0 Å². The molecule has 0 saturated carbocycles. The number of hydrogen-bond acceptors (Lipinski definition) is 1. The first-order valence-corrected chi connectivity index (χ1v) is 12.2. The maximum Gasteiger partial charge on any atom is 0.270 e. The van der Waals surface area contributed by atoms with E-state index in [2.05, 4.69) is 56.8 Å². The van der Waals surface area contributed by atoms with E-state index in [1.54, 1.807) is 19.3 Å². The highest BCUT2D eigenvalue weighted by molar-refractivity contribution is 5.74. The number of benzene rings is 2. The van der Waals surface area contributed by atoms with Gasteiger partial charge in [0.25, 0.3) is 5.92 Å². The van der Waals surface area contributed by atoms with Crippen molar-refractivity contribution in [3.05, 3.63) is 125 Å². The molecule has 0 amide bonds. The second kappa shape index (κ2) is 20.0. The highest BCUT2D eigenvalue weighted by Gasteiger charge is 2.23. The second-order valence-corrected chi connectivity index (χ2v) is 8.38. The summed E-state index contributed by atoms with van der Waals surface area (Å²) in [5.41, 5.74) is 9.14. The van der Waals surface area contributed by atoms with E-state index in [1.165, 1.54) is 24.1 Å². The summed E-state index contributed by atoms with van der Waals surface area (Å²) in [5, 5.41) is 0. The molecule has 0 atom stereocenters. The molecule has 0 spiro atoms. The number of halogens is 2. The minimum Gasteiger partial charge on any atom is -0.297 e. The Bertz CT molecular complexity index is 1030. The van der Waals surface area contributed by atoms with Gasteiger partial charge in [-0.25, -0.2) is 8.78 Å². The summed E-state index contributed by atoms with van der Waals surface area (Å²) in [6.45, 7) is 22.5. The van der Waals surface area contributed by atoms with E-state index in [1.807, 2.05) is 64.1 Å². The zero-order valence-corrected chi connectivity index (χ0v) is 23.8. The van der Waals surface area contributed by atoms with Crippen LogP contribution in [0.15, 0.2) is 107 Å². The fraction of sp³-hybridized carbons (Fsp3) is 0.333. The molecule has 0 aliphatic rings. The van der Waals surface area contributed by atoms with Crippen LogP contribution in [0.2, 0.25) is 0 Å². The lowest BCUT2D eigenvalue weighted by atomic mass is 10.0. The van der Waals surface area contributed by atoms with Gasteiger partial charge in [0.2, 0.25) is 0 Å². The molecule has 0 radical (unpaired) electrons. The van der Waals surface area contributed by atoms with Crippen LogP contribution in [0, 0.1) is 20.8 Å².